The van der Waals surface area contributed by atoms with Crippen molar-refractivity contribution in [1.29, 1.82) is 0 Å². The molecule has 3 rings (SSSR count). The normalized spacial score (nSPS) is 16.3. The lowest BCUT2D eigenvalue weighted by molar-refractivity contribution is 0.732. The summed E-state index contributed by atoms with van der Waals surface area (Å²) in [6, 6.07) is 12.4. The summed E-state index contributed by atoms with van der Waals surface area (Å²) in [5.74, 6) is 0.898. The van der Waals surface area contributed by atoms with Crippen LogP contribution in [0.2, 0.25) is 5.15 Å². The van der Waals surface area contributed by atoms with E-state index in [1.165, 1.54) is 5.56 Å². The zero-order valence-electron chi connectivity index (χ0n) is 11.1. The number of nitrogens with zero attached hydrogens (tertiary/aromatic N) is 2. The molecule has 0 bridgehead atoms. The highest BCUT2D eigenvalue weighted by Crippen LogP contribution is 2.52. The molecule has 0 spiro atoms. The summed E-state index contributed by atoms with van der Waals surface area (Å²) in [5.41, 5.74) is 2.37. The van der Waals surface area contributed by atoms with Crippen molar-refractivity contribution < 1.29 is 0 Å². The zero-order chi connectivity index (χ0) is 13.3. The molecule has 2 aromatic rings. The van der Waals surface area contributed by atoms with Crippen LogP contribution in [-0.4, -0.2) is 9.97 Å². The fourth-order valence-corrected chi connectivity index (χ4v) is 2.79. The van der Waals surface area contributed by atoms with Gasteiger partial charge in [-0.25, -0.2) is 9.97 Å². The molecule has 3 heteroatoms. The van der Waals surface area contributed by atoms with E-state index in [2.05, 4.69) is 36.2 Å². The van der Waals surface area contributed by atoms with E-state index in [1.807, 2.05) is 12.1 Å². The minimum Gasteiger partial charge on any atom is -0.237 e. The molecule has 1 aromatic carbocycles. The largest absolute Gasteiger partial charge is 0.237 e. The van der Waals surface area contributed by atoms with Crippen molar-refractivity contribution >= 4 is 11.6 Å². The molecule has 1 fully saturated rings. The molecule has 19 heavy (non-hydrogen) atoms. The van der Waals surface area contributed by atoms with Crippen LogP contribution >= 0.6 is 11.6 Å². The average molecular weight is 273 g/mol. The molecule has 1 saturated carbocycles. The Bertz CT molecular complexity index is 577. The van der Waals surface area contributed by atoms with Gasteiger partial charge in [-0.1, -0.05) is 55.3 Å². The SMILES string of the molecule is CCCc1cc(Cl)nc(C2(c3ccccc3)CC2)n1. The number of aromatic nitrogens is 2. The number of hydrogen-bond donors (Lipinski definition) is 0. The minimum absolute atomic E-state index is 0.00858. The fraction of sp³-hybridized carbons (Fsp3) is 0.375. The Hall–Kier alpha value is -1.41. The highest BCUT2D eigenvalue weighted by molar-refractivity contribution is 6.29. The first-order chi connectivity index (χ1) is 9.24. The predicted molar refractivity (Wildman–Crippen MR) is 77.5 cm³/mol. The lowest BCUT2D eigenvalue weighted by atomic mass is 9.95. The maximum atomic E-state index is 6.16. The third kappa shape index (κ3) is 2.37. The van der Waals surface area contributed by atoms with Crippen LogP contribution in [0.3, 0.4) is 0 Å². The van der Waals surface area contributed by atoms with Crippen molar-refractivity contribution in [2.75, 3.05) is 0 Å². The Balaban J connectivity index is 2.02. The predicted octanol–water partition coefficient (Wildman–Crippen LogP) is 4.16. The van der Waals surface area contributed by atoms with Crippen LogP contribution in [0.5, 0.6) is 0 Å². The fourth-order valence-electron chi connectivity index (χ4n) is 2.59. The summed E-state index contributed by atoms with van der Waals surface area (Å²) < 4.78 is 0. The molecule has 0 saturated heterocycles. The van der Waals surface area contributed by atoms with Crippen LogP contribution in [0.1, 0.15) is 43.3 Å². The molecule has 1 aliphatic rings. The highest BCUT2D eigenvalue weighted by Gasteiger charge is 2.48. The quantitative estimate of drug-likeness (QED) is 0.781. The molecule has 1 heterocycles. The van der Waals surface area contributed by atoms with Crippen LogP contribution < -0.4 is 0 Å². The van der Waals surface area contributed by atoms with Crippen molar-refractivity contribution in [3.8, 4) is 0 Å². The standard InChI is InChI=1S/C16H17ClN2/c1-2-6-13-11-14(17)19-15(18-13)16(9-10-16)12-7-4-3-5-8-12/h3-5,7-8,11H,2,6,9-10H2,1H3. The monoisotopic (exact) mass is 272 g/mol. The number of benzene rings is 1. The molecular weight excluding hydrogens is 256 g/mol. The van der Waals surface area contributed by atoms with Gasteiger partial charge in [-0.3, -0.25) is 0 Å². The van der Waals surface area contributed by atoms with Gasteiger partial charge in [0.2, 0.25) is 0 Å². The lowest BCUT2D eigenvalue weighted by Crippen LogP contribution is -2.14. The van der Waals surface area contributed by atoms with E-state index >= 15 is 0 Å². The van der Waals surface area contributed by atoms with Gasteiger partial charge in [0.05, 0.1) is 5.41 Å². The second-order valence-corrected chi connectivity index (χ2v) is 5.59. The number of hydrogen-bond acceptors (Lipinski definition) is 2. The first-order valence-electron chi connectivity index (χ1n) is 6.84. The van der Waals surface area contributed by atoms with Crippen LogP contribution in [0.4, 0.5) is 0 Å². The van der Waals surface area contributed by atoms with Crippen LogP contribution in [0.15, 0.2) is 36.4 Å². The van der Waals surface area contributed by atoms with E-state index in [-0.39, 0.29) is 5.41 Å². The van der Waals surface area contributed by atoms with E-state index in [1.54, 1.807) is 0 Å². The zero-order valence-corrected chi connectivity index (χ0v) is 11.8. The molecular formula is C16H17ClN2. The van der Waals surface area contributed by atoms with Gasteiger partial charge in [-0.15, -0.1) is 0 Å². The molecule has 98 valence electrons. The maximum absolute atomic E-state index is 6.16. The summed E-state index contributed by atoms with van der Waals surface area (Å²) in [6.45, 7) is 2.15. The Morgan fingerprint density at radius 3 is 2.53 bits per heavy atom. The summed E-state index contributed by atoms with van der Waals surface area (Å²) >= 11 is 6.16. The highest BCUT2D eigenvalue weighted by atomic mass is 35.5. The molecule has 1 aliphatic carbocycles. The average Bonchev–Trinajstić information content (AvgIpc) is 3.21. The van der Waals surface area contributed by atoms with E-state index in [4.69, 9.17) is 16.6 Å². The Morgan fingerprint density at radius 2 is 1.89 bits per heavy atom. The summed E-state index contributed by atoms with van der Waals surface area (Å²) in [7, 11) is 0. The number of aryl methyl sites for hydroxylation is 1. The summed E-state index contributed by atoms with van der Waals surface area (Å²) in [5, 5.41) is 0.565. The van der Waals surface area contributed by atoms with Crippen molar-refractivity contribution in [2.24, 2.45) is 0 Å². The molecule has 0 aliphatic heterocycles. The molecule has 0 atom stereocenters. The van der Waals surface area contributed by atoms with Gasteiger partial charge in [-0.2, -0.15) is 0 Å². The van der Waals surface area contributed by atoms with Gasteiger partial charge in [0.25, 0.3) is 0 Å². The molecule has 0 radical (unpaired) electrons. The van der Waals surface area contributed by atoms with Crippen LogP contribution in [-0.2, 0) is 11.8 Å². The molecule has 1 aromatic heterocycles. The maximum Gasteiger partial charge on any atom is 0.140 e. The van der Waals surface area contributed by atoms with Gasteiger partial charge >= 0.3 is 0 Å². The summed E-state index contributed by atoms with van der Waals surface area (Å²) in [4.78, 5) is 9.22. The third-order valence-corrected chi connectivity index (χ3v) is 3.95. The smallest absolute Gasteiger partial charge is 0.140 e. The van der Waals surface area contributed by atoms with Gasteiger partial charge in [0, 0.05) is 5.69 Å². The summed E-state index contributed by atoms with van der Waals surface area (Å²) in [6.07, 6.45) is 4.26. The topological polar surface area (TPSA) is 25.8 Å². The van der Waals surface area contributed by atoms with Crippen molar-refractivity contribution in [2.45, 2.75) is 38.0 Å². The third-order valence-electron chi connectivity index (χ3n) is 3.76. The van der Waals surface area contributed by atoms with Crippen LogP contribution in [0, 0.1) is 0 Å². The first-order valence-corrected chi connectivity index (χ1v) is 7.22. The number of halogens is 1. The Labute approximate surface area is 118 Å². The van der Waals surface area contributed by atoms with E-state index < -0.39 is 0 Å². The minimum atomic E-state index is 0.00858. The number of rotatable bonds is 4. The van der Waals surface area contributed by atoms with Gasteiger partial charge in [0.15, 0.2) is 0 Å². The van der Waals surface area contributed by atoms with Gasteiger partial charge in [-0.05, 0) is 30.9 Å². The molecule has 0 N–H and O–H groups in total. The van der Waals surface area contributed by atoms with E-state index in [0.717, 1.165) is 37.2 Å². The second kappa shape index (κ2) is 4.93. The second-order valence-electron chi connectivity index (χ2n) is 5.20. The lowest BCUT2D eigenvalue weighted by Gasteiger charge is -2.15. The van der Waals surface area contributed by atoms with Gasteiger partial charge in [0.1, 0.15) is 11.0 Å². The molecule has 2 nitrogen and oxygen atoms in total. The molecule has 0 unspecified atom stereocenters. The Kier molecular flexibility index (Phi) is 3.28. The van der Waals surface area contributed by atoms with Crippen molar-refractivity contribution in [1.82, 2.24) is 9.97 Å². The Morgan fingerprint density at radius 1 is 1.16 bits per heavy atom. The van der Waals surface area contributed by atoms with Gasteiger partial charge < -0.3 is 0 Å². The van der Waals surface area contributed by atoms with E-state index in [9.17, 15) is 0 Å². The van der Waals surface area contributed by atoms with E-state index in [0.29, 0.717) is 5.15 Å². The van der Waals surface area contributed by atoms with Crippen molar-refractivity contribution in [3.63, 3.8) is 0 Å². The van der Waals surface area contributed by atoms with Crippen LogP contribution in [0.25, 0.3) is 0 Å². The molecule has 0 amide bonds. The first kappa shape index (κ1) is 12.6. The van der Waals surface area contributed by atoms with Crippen molar-refractivity contribution in [3.05, 3.63) is 58.6 Å².